The molecule has 17 heavy (non-hydrogen) atoms. The largest absolute Gasteiger partial charge is 0.481 e. The van der Waals surface area contributed by atoms with Gasteiger partial charge in [0.1, 0.15) is 5.75 Å². The summed E-state index contributed by atoms with van der Waals surface area (Å²) in [6.45, 7) is 3.40. The molecule has 0 aliphatic heterocycles. The van der Waals surface area contributed by atoms with Crippen LogP contribution in [0.3, 0.4) is 0 Å². The quantitative estimate of drug-likeness (QED) is 0.892. The number of nitrogens with one attached hydrogen (secondary N) is 1. The number of urea groups is 1. The molecule has 0 aliphatic rings. The number of nitrogens with two attached hydrogens (primary N) is 1. The van der Waals surface area contributed by atoms with E-state index in [1.165, 1.54) is 0 Å². The Morgan fingerprint density at radius 2 is 2.12 bits per heavy atom. The third kappa shape index (κ3) is 4.07. The average molecular weight is 301 g/mol. The fourth-order valence-corrected chi connectivity index (χ4v) is 1.51. The molecule has 0 aromatic heterocycles. The van der Waals surface area contributed by atoms with Crippen LogP contribution in [0.4, 0.5) is 4.79 Å². The van der Waals surface area contributed by atoms with Gasteiger partial charge in [-0.15, -0.1) is 0 Å². The molecule has 6 heteroatoms. The maximum Gasteiger partial charge on any atom is 0.318 e. The zero-order valence-electron chi connectivity index (χ0n) is 9.49. The normalized spacial score (nSPS) is 11.7. The number of amides is 3. The van der Waals surface area contributed by atoms with E-state index >= 15 is 0 Å². The SMILES string of the molecule is Cc1ccc(Br)cc1OC(C)C(=O)NC(N)=O. The standard InChI is InChI=1S/C11H13BrN2O3/c1-6-3-4-8(12)5-9(6)17-7(2)10(15)14-11(13)16/h3-5,7H,1-2H3,(H3,13,14,15,16). The zero-order valence-corrected chi connectivity index (χ0v) is 11.1. The molecule has 3 amide bonds. The van der Waals surface area contributed by atoms with E-state index in [4.69, 9.17) is 10.5 Å². The summed E-state index contributed by atoms with van der Waals surface area (Å²) in [4.78, 5) is 21.9. The molecule has 5 nitrogen and oxygen atoms in total. The first-order valence-corrected chi connectivity index (χ1v) is 5.72. The average Bonchev–Trinajstić information content (AvgIpc) is 2.22. The molecule has 0 bridgehead atoms. The molecule has 0 saturated carbocycles. The third-order valence-corrected chi connectivity index (χ3v) is 2.56. The molecule has 0 spiro atoms. The predicted molar refractivity (Wildman–Crippen MR) is 66.7 cm³/mol. The number of hydrogen-bond acceptors (Lipinski definition) is 3. The number of hydrogen-bond donors (Lipinski definition) is 2. The summed E-state index contributed by atoms with van der Waals surface area (Å²) in [7, 11) is 0. The highest BCUT2D eigenvalue weighted by atomic mass is 79.9. The van der Waals surface area contributed by atoms with Crippen LogP contribution in [0.2, 0.25) is 0 Å². The molecule has 0 aliphatic carbocycles. The lowest BCUT2D eigenvalue weighted by Gasteiger charge is -2.15. The summed E-state index contributed by atoms with van der Waals surface area (Å²) in [6, 6.07) is 4.59. The molecule has 1 unspecified atom stereocenters. The van der Waals surface area contributed by atoms with Crippen molar-refractivity contribution in [2.24, 2.45) is 5.73 Å². The first-order valence-electron chi connectivity index (χ1n) is 4.93. The highest BCUT2D eigenvalue weighted by Crippen LogP contribution is 2.23. The molecule has 92 valence electrons. The fraction of sp³-hybridized carbons (Fsp3) is 0.273. The number of aryl methyl sites for hydroxylation is 1. The predicted octanol–water partition coefficient (Wildman–Crippen LogP) is 1.72. The molecule has 1 atom stereocenters. The minimum Gasteiger partial charge on any atom is -0.481 e. The fourth-order valence-electron chi connectivity index (χ4n) is 1.17. The molecule has 1 rings (SSSR count). The van der Waals surface area contributed by atoms with E-state index in [-0.39, 0.29) is 0 Å². The Kier molecular flexibility index (Phi) is 4.51. The number of benzene rings is 1. The Bertz CT molecular complexity index is 448. The number of ether oxygens (including phenoxy) is 1. The van der Waals surface area contributed by atoms with Crippen molar-refractivity contribution in [3.05, 3.63) is 28.2 Å². The van der Waals surface area contributed by atoms with Crippen molar-refractivity contribution in [2.45, 2.75) is 20.0 Å². The van der Waals surface area contributed by atoms with E-state index in [1.54, 1.807) is 13.0 Å². The van der Waals surface area contributed by atoms with Crippen LogP contribution in [0.5, 0.6) is 5.75 Å². The number of carbonyl (C=O) groups excluding carboxylic acids is 2. The van der Waals surface area contributed by atoms with E-state index in [0.717, 1.165) is 10.0 Å². The Hall–Kier alpha value is -1.56. The maximum atomic E-state index is 11.4. The van der Waals surface area contributed by atoms with Crippen molar-refractivity contribution >= 4 is 27.9 Å². The van der Waals surface area contributed by atoms with E-state index in [2.05, 4.69) is 15.9 Å². The van der Waals surface area contributed by atoms with Gasteiger partial charge in [0, 0.05) is 4.47 Å². The van der Waals surface area contributed by atoms with Crippen LogP contribution >= 0.6 is 15.9 Å². The van der Waals surface area contributed by atoms with Crippen molar-refractivity contribution in [1.82, 2.24) is 5.32 Å². The van der Waals surface area contributed by atoms with Crippen LogP contribution in [0.15, 0.2) is 22.7 Å². The van der Waals surface area contributed by atoms with Gasteiger partial charge in [0.05, 0.1) is 0 Å². The van der Waals surface area contributed by atoms with Crippen LogP contribution in [0.1, 0.15) is 12.5 Å². The summed E-state index contributed by atoms with van der Waals surface area (Å²) in [5.41, 5.74) is 5.74. The van der Waals surface area contributed by atoms with Crippen LogP contribution in [0.25, 0.3) is 0 Å². The van der Waals surface area contributed by atoms with Crippen LogP contribution < -0.4 is 15.8 Å². The topological polar surface area (TPSA) is 81.4 Å². The smallest absolute Gasteiger partial charge is 0.318 e. The highest BCUT2D eigenvalue weighted by Gasteiger charge is 2.16. The van der Waals surface area contributed by atoms with Gasteiger partial charge in [0.2, 0.25) is 0 Å². The lowest BCUT2D eigenvalue weighted by molar-refractivity contribution is -0.126. The second-order valence-corrected chi connectivity index (χ2v) is 4.44. The zero-order chi connectivity index (χ0) is 13.0. The first kappa shape index (κ1) is 13.5. The van der Waals surface area contributed by atoms with Gasteiger partial charge in [-0.2, -0.15) is 0 Å². The van der Waals surface area contributed by atoms with Gasteiger partial charge in [0.25, 0.3) is 5.91 Å². The summed E-state index contributed by atoms with van der Waals surface area (Å²) in [5.74, 6) is 0.00312. The second-order valence-electron chi connectivity index (χ2n) is 3.52. The van der Waals surface area contributed by atoms with Crippen LogP contribution in [-0.4, -0.2) is 18.0 Å². The maximum absolute atomic E-state index is 11.4. The van der Waals surface area contributed by atoms with E-state index in [0.29, 0.717) is 5.75 Å². The number of rotatable bonds is 3. The summed E-state index contributed by atoms with van der Waals surface area (Å²) < 4.78 is 6.29. The Morgan fingerprint density at radius 1 is 1.47 bits per heavy atom. The monoisotopic (exact) mass is 300 g/mol. The van der Waals surface area contributed by atoms with E-state index in [9.17, 15) is 9.59 Å². The Morgan fingerprint density at radius 3 is 2.71 bits per heavy atom. The summed E-state index contributed by atoms with van der Waals surface area (Å²) in [5, 5.41) is 1.96. The Labute approximate surface area is 107 Å². The molecule has 0 saturated heterocycles. The lowest BCUT2D eigenvalue weighted by atomic mass is 10.2. The molecule has 0 fully saturated rings. The van der Waals surface area contributed by atoms with Gasteiger partial charge in [-0.05, 0) is 31.5 Å². The number of carbonyl (C=O) groups is 2. The molecular formula is C11H13BrN2O3. The van der Waals surface area contributed by atoms with Gasteiger partial charge in [-0.1, -0.05) is 22.0 Å². The molecular weight excluding hydrogens is 288 g/mol. The van der Waals surface area contributed by atoms with Gasteiger partial charge in [-0.3, -0.25) is 10.1 Å². The van der Waals surface area contributed by atoms with Crippen LogP contribution in [0, 0.1) is 6.92 Å². The van der Waals surface area contributed by atoms with Crippen LogP contribution in [-0.2, 0) is 4.79 Å². The van der Waals surface area contributed by atoms with Gasteiger partial charge in [-0.25, -0.2) is 4.79 Å². The first-order chi connectivity index (χ1) is 7.90. The lowest BCUT2D eigenvalue weighted by Crippen LogP contribution is -2.42. The van der Waals surface area contributed by atoms with E-state index < -0.39 is 18.0 Å². The molecule has 1 aromatic rings. The van der Waals surface area contributed by atoms with Crippen molar-refractivity contribution in [2.75, 3.05) is 0 Å². The Balaban J connectivity index is 2.73. The van der Waals surface area contributed by atoms with E-state index in [1.807, 2.05) is 24.4 Å². The van der Waals surface area contributed by atoms with Crippen molar-refractivity contribution in [3.63, 3.8) is 0 Å². The van der Waals surface area contributed by atoms with Crippen molar-refractivity contribution in [3.8, 4) is 5.75 Å². The number of primary amides is 1. The highest BCUT2D eigenvalue weighted by molar-refractivity contribution is 9.10. The number of imide groups is 1. The minimum absolute atomic E-state index is 0.572. The summed E-state index contributed by atoms with van der Waals surface area (Å²) >= 11 is 3.31. The molecule has 0 radical (unpaired) electrons. The van der Waals surface area contributed by atoms with Gasteiger partial charge >= 0.3 is 6.03 Å². The van der Waals surface area contributed by atoms with Crippen molar-refractivity contribution < 1.29 is 14.3 Å². The second kappa shape index (κ2) is 5.67. The van der Waals surface area contributed by atoms with Gasteiger partial charge < -0.3 is 10.5 Å². The van der Waals surface area contributed by atoms with Gasteiger partial charge in [0.15, 0.2) is 6.10 Å². The molecule has 3 N–H and O–H groups in total. The number of halogens is 1. The molecule has 1 aromatic carbocycles. The minimum atomic E-state index is -0.892. The molecule has 0 heterocycles. The van der Waals surface area contributed by atoms with Crippen molar-refractivity contribution in [1.29, 1.82) is 0 Å². The summed E-state index contributed by atoms with van der Waals surface area (Å²) in [6.07, 6.45) is -0.796. The third-order valence-electron chi connectivity index (χ3n) is 2.07.